The zero-order valence-electron chi connectivity index (χ0n) is 8.39. The van der Waals surface area contributed by atoms with Gasteiger partial charge in [-0.2, -0.15) is 0 Å². The van der Waals surface area contributed by atoms with Crippen LogP contribution in [0.25, 0.3) is 0 Å². The number of hydrogen-bond donors (Lipinski definition) is 1. The van der Waals surface area contributed by atoms with Crippen LogP contribution in [-0.4, -0.2) is 10.5 Å². The summed E-state index contributed by atoms with van der Waals surface area (Å²) in [5.41, 5.74) is 8.44. The molecule has 1 aliphatic rings. The van der Waals surface area contributed by atoms with Gasteiger partial charge in [0, 0.05) is 11.7 Å². The Labute approximate surface area is 89.5 Å². The van der Waals surface area contributed by atoms with Gasteiger partial charge in [-0.1, -0.05) is 17.7 Å². The first-order valence-corrected chi connectivity index (χ1v) is 5.37. The minimum absolute atomic E-state index is 0.132. The smallest absolute Gasteiger partial charge is 0.131 e. The Morgan fingerprint density at radius 2 is 2.29 bits per heavy atom. The number of aromatic nitrogens is 1. The van der Waals surface area contributed by atoms with Crippen LogP contribution in [-0.2, 0) is 6.42 Å². The third-order valence-electron chi connectivity index (χ3n) is 2.87. The minimum Gasteiger partial charge on any atom is -0.325 e. The van der Waals surface area contributed by atoms with Crippen LogP contribution in [0.5, 0.6) is 0 Å². The molecule has 0 unspecified atom stereocenters. The molecule has 1 aromatic rings. The molecule has 76 valence electrons. The molecular formula is C11H15ClN2. The van der Waals surface area contributed by atoms with Crippen molar-refractivity contribution >= 4 is 11.6 Å². The number of rotatable bonds is 3. The van der Waals surface area contributed by atoms with E-state index in [9.17, 15) is 0 Å². The van der Waals surface area contributed by atoms with Gasteiger partial charge in [-0.25, -0.2) is 4.98 Å². The molecule has 1 saturated carbocycles. The van der Waals surface area contributed by atoms with Crippen molar-refractivity contribution in [2.45, 2.75) is 38.1 Å². The maximum Gasteiger partial charge on any atom is 0.131 e. The van der Waals surface area contributed by atoms with Gasteiger partial charge in [-0.05, 0) is 43.7 Å². The van der Waals surface area contributed by atoms with Crippen molar-refractivity contribution in [1.29, 1.82) is 0 Å². The fourth-order valence-corrected chi connectivity index (χ4v) is 1.66. The second-order valence-electron chi connectivity index (χ2n) is 4.31. The monoisotopic (exact) mass is 210 g/mol. The molecule has 2 N–H and O–H groups in total. The van der Waals surface area contributed by atoms with Gasteiger partial charge in [-0.3, -0.25) is 0 Å². The topological polar surface area (TPSA) is 38.9 Å². The standard InChI is InChI=1S/C11H15ClN2/c1-8-6-9(7-14-10(8)12)2-3-11(13)4-5-11/h6-7H,2-5,13H2,1H3. The fraction of sp³-hybridized carbons (Fsp3) is 0.545. The van der Waals surface area contributed by atoms with E-state index in [1.54, 1.807) is 0 Å². The van der Waals surface area contributed by atoms with Crippen LogP contribution in [0, 0.1) is 6.92 Å². The van der Waals surface area contributed by atoms with Crippen LogP contribution in [0.15, 0.2) is 12.3 Å². The van der Waals surface area contributed by atoms with Gasteiger partial charge in [0.15, 0.2) is 0 Å². The SMILES string of the molecule is Cc1cc(CCC2(N)CC2)cnc1Cl. The minimum atomic E-state index is 0.132. The van der Waals surface area contributed by atoms with Gasteiger partial charge in [-0.15, -0.1) is 0 Å². The quantitative estimate of drug-likeness (QED) is 0.779. The largest absolute Gasteiger partial charge is 0.325 e. The van der Waals surface area contributed by atoms with Crippen molar-refractivity contribution in [3.8, 4) is 0 Å². The summed E-state index contributed by atoms with van der Waals surface area (Å²) in [5.74, 6) is 0. The molecule has 14 heavy (non-hydrogen) atoms. The molecule has 0 aromatic carbocycles. The van der Waals surface area contributed by atoms with Crippen molar-refractivity contribution < 1.29 is 0 Å². The van der Waals surface area contributed by atoms with Crippen molar-refractivity contribution in [3.63, 3.8) is 0 Å². The van der Waals surface area contributed by atoms with Gasteiger partial charge in [0.2, 0.25) is 0 Å². The summed E-state index contributed by atoms with van der Waals surface area (Å²) in [7, 11) is 0. The summed E-state index contributed by atoms with van der Waals surface area (Å²) < 4.78 is 0. The number of nitrogens with two attached hydrogens (primary N) is 1. The Morgan fingerprint density at radius 3 is 2.86 bits per heavy atom. The molecule has 0 bridgehead atoms. The average Bonchev–Trinajstić information content (AvgIpc) is 2.87. The molecule has 2 nitrogen and oxygen atoms in total. The fourth-order valence-electron chi connectivity index (χ4n) is 1.56. The molecule has 1 fully saturated rings. The Morgan fingerprint density at radius 1 is 1.57 bits per heavy atom. The Kier molecular flexibility index (Phi) is 2.50. The zero-order valence-corrected chi connectivity index (χ0v) is 9.14. The summed E-state index contributed by atoms with van der Waals surface area (Å²) in [6.45, 7) is 1.98. The van der Waals surface area contributed by atoms with Crippen LogP contribution in [0.2, 0.25) is 5.15 Å². The lowest BCUT2D eigenvalue weighted by molar-refractivity contribution is 0.608. The van der Waals surface area contributed by atoms with Crippen molar-refractivity contribution in [2.24, 2.45) is 5.73 Å². The van der Waals surface area contributed by atoms with Crippen LogP contribution in [0.4, 0.5) is 0 Å². The predicted molar refractivity (Wildman–Crippen MR) is 58.5 cm³/mol. The van der Waals surface area contributed by atoms with E-state index in [1.165, 1.54) is 18.4 Å². The highest BCUT2D eigenvalue weighted by Crippen LogP contribution is 2.36. The van der Waals surface area contributed by atoms with E-state index in [-0.39, 0.29) is 5.54 Å². The molecule has 0 amide bonds. The van der Waals surface area contributed by atoms with Gasteiger partial charge in [0.1, 0.15) is 5.15 Å². The third kappa shape index (κ3) is 2.25. The second kappa shape index (κ2) is 3.52. The summed E-state index contributed by atoms with van der Waals surface area (Å²) >= 11 is 5.85. The number of hydrogen-bond acceptors (Lipinski definition) is 2. The average molecular weight is 211 g/mol. The summed E-state index contributed by atoms with van der Waals surface area (Å²) in [6.07, 6.45) is 6.28. The first-order valence-electron chi connectivity index (χ1n) is 4.99. The maximum atomic E-state index is 6.02. The first-order chi connectivity index (χ1) is 6.59. The summed E-state index contributed by atoms with van der Waals surface area (Å²) in [4.78, 5) is 4.12. The highest BCUT2D eigenvalue weighted by Gasteiger charge is 2.37. The Hall–Kier alpha value is -0.600. The van der Waals surface area contributed by atoms with E-state index < -0.39 is 0 Å². The van der Waals surface area contributed by atoms with E-state index in [4.69, 9.17) is 17.3 Å². The molecule has 1 aromatic heterocycles. The number of pyridine rings is 1. The van der Waals surface area contributed by atoms with E-state index in [2.05, 4.69) is 11.1 Å². The lowest BCUT2D eigenvalue weighted by Crippen LogP contribution is -2.22. The van der Waals surface area contributed by atoms with Gasteiger partial charge >= 0.3 is 0 Å². The Balaban J connectivity index is 1.99. The molecule has 1 aliphatic carbocycles. The lowest BCUT2D eigenvalue weighted by Gasteiger charge is -2.08. The summed E-state index contributed by atoms with van der Waals surface area (Å²) in [5, 5.41) is 0.600. The van der Waals surface area contributed by atoms with Gasteiger partial charge in [0.25, 0.3) is 0 Å². The summed E-state index contributed by atoms with van der Waals surface area (Å²) in [6, 6.07) is 2.10. The predicted octanol–water partition coefficient (Wildman–Crippen LogP) is 2.47. The van der Waals surface area contributed by atoms with E-state index >= 15 is 0 Å². The normalized spacial score (nSPS) is 18.2. The third-order valence-corrected chi connectivity index (χ3v) is 3.27. The molecule has 2 rings (SSSR count). The van der Waals surface area contributed by atoms with Crippen molar-refractivity contribution in [2.75, 3.05) is 0 Å². The molecule has 1 heterocycles. The van der Waals surface area contributed by atoms with Crippen LogP contribution in [0.3, 0.4) is 0 Å². The second-order valence-corrected chi connectivity index (χ2v) is 4.67. The molecule has 0 saturated heterocycles. The van der Waals surface area contributed by atoms with E-state index in [0.717, 1.165) is 18.4 Å². The molecule has 3 heteroatoms. The molecule has 0 aliphatic heterocycles. The number of aryl methyl sites for hydroxylation is 2. The van der Waals surface area contributed by atoms with Crippen LogP contribution < -0.4 is 5.73 Å². The first kappa shape index (κ1) is 9.94. The van der Waals surface area contributed by atoms with Crippen molar-refractivity contribution in [3.05, 3.63) is 28.5 Å². The highest BCUT2D eigenvalue weighted by molar-refractivity contribution is 6.30. The highest BCUT2D eigenvalue weighted by atomic mass is 35.5. The van der Waals surface area contributed by atoms with E-state index in [0.29, 0.717) is 5.15 Å². The van der Waals surface area contributed by atoms with Crippen LogP contribution >= 0.6 is 11.6 Å². The molecule has 0 atom stereocenters. The number of halogens is 1. The van der Waals surface area contributed by atoms with Gasteiger partial charge < -0.3 is 5.73 Å². The maximum absolute atomic E-state index is 6.02. The molecular weight excluding hydrogens is 196 g/mol. The number of nitrogens with zero attached hydrogens (tertiary/aromatic N) is 1. The van der Waals surface area contributed by atoms with E-state index in [1.807, 2.05) is 13.1 Å². The molecule has 0 radical (unpaired) electrons. The lowest BCUT2D eigenvalue weighted by atomic mass is 10.1. The van der Waals surface area contributed by atoms with Crippen LogP contribution in [0.1, 0.15) is 30.4 Å². The zero-order chi connectivity index (χ0) is 10.2. The Bertz CT molecular complexity index is 345. The van der Waals surface area contributed by atoms with Gasteiger partial charge in [0.05, 0.1) is 0 Å². The van der Waals surface area contributed by atoms with Crippen molar-refractivity contribution in [1.82, 2.24) is 4.98 Å². The molecule has 0 spiro atoms.